The van der Waals surface area contributed by atoms with Crippen molar-refractivity contribution in [1.29, 1.82) is 0 Å². The molecule has 136 valence electrons. The summed E-state index contributed by atoms with van der Waals surface area (Å²) in [6, 6.07) is 7.50. The second kappa shape index (κ2) is 7.87. The molecule has 2 atom stereocenters. The number of carboxylic acid groups (broad SMARTS) is 1. The van der Waals surface area contributed by atoms with Gasteiger partial charge < -0.3 is 14.7 Å². The molecule has 1 aromatic rings. The van der Waals surface area contributed by atoms with Gasteiger partial charge in [-0.15, -0.1) is 0 Å². The largest absolute Gasteiger partial charge is 0.494 e. The zero-order valence-electron chi connectivity index (χ0n) is 14.7. The van der Waals surface area contributed by atoms with Crippen molar-refractivity contribution >= 4 is 11.9 Å². The number of likely N-dealkylation sites (tertiary alicyclic amines) is 2. The summed E-state index contributed by atoms with van der Waals surface area (Å²) < 4.78 is 5.48. The molecule has 0 aromatic heterocycles. The Bertz CT molecular complexity index is 616. The van der Waals surface area contributed by atoms with E-state index in [9.17, 15) is 14.7 Å². The summed E-state index contributed by atoms with van der Waals surface area (Å²) in [6.07, 6.45) is 3.39. The number of benzene rings is 1. The topological polar surface area (TPSA) is 70.1 Å². The van der Waals surface area contributed by atoms with Gasteiger partial charge >= 0.3 is 5.97 Å². The zero-order chi connectivity index (χ0) is 17.8. The highest BCUT2D eigenvalue weighted by Gasteiger charge is 2.35. The van der Waals surface area contributed by atoms with Gasteiger partial charge in [-0.1, -0.05) is 12.1 Å². The third-order valence-electron chi connectivity index (χ3n) is 5.14. The number of rotatable bonds is 6. The number of carboxylic acids is 1. The van der Waals surface area contributed by atoms with Crippen LogP contribution >= 0.6 is 0 Å². The maximum absolute atomic E-state index is 12.8. The van der Waals surface area contributed by atoms with Crippen LogP contribution in [0.4, 0.5) is 0 Å². The van der Waals surface area contributed by atoms with Crippen LogP contribution in [0.15, 0.2) is 24.3 Å². The smallest absolute Gasteiger partial charge is 0.320 e. The molecule has 0 radical (unpaired) electrons. The number of nitrogens with zero attached hydrogens (tertiary/aromatic N) is 2. The molecule has 2 fully saturated rings. The summed E-state index contributed by atoms with van der Waals surface area (Å²) in [4.78, 5) is 27.8. The predicted octanol–water partition coefficient (Wildman–Crippen LogP) is 2.30. The molecule has 0 spiro atoms. The van der Waals surface area contributed by atoms with Crippen LogP contribution in [0.5, 0.6) is 5.75 Å². The molecule has 0 saturated carbocycles. The SMILES string of the molecule is CCOc1ccc(C2CCCN2C(=O)CN2CCC[C@@H]2C(=O)O)cc1. The highest BCUT2D eigenvalue weighted by molar-refractivity contribution is 5.81. The quantitative estimate of drug-likeness (QED) is 0.856. The molecular formula is C19H26N2O4. The number of ether oxygens (including phenoxy) is 1. The molecule has 1 aromatic carbocycles. The molecule has 25 heavy (non-hydrogen) atoms. The van der Waals surface area contributed by atoms with Gasteiger partial charge in [-0.3, -0.25) is 14.5 Å². The summed E-state index contributed by atoms with van der Waals surface area (Å²) in [5, 5.41) is 9.28. The third kappa shape index (κ3) is 3.95. The van der Waals surface area contributed by atoms with E-state index >= 15 is 0 Å². The van der Waals surface area contributed by atoms with Gasteiger partial charge in [0.15, 0.2) is 0 Å². The molecule has 6 heteroatoms. The number of hydrogen-bond donors (Lipinski definition) is 1. The van der Waals surface area contributed by atoms with Gasteiger partial charge in [-0.05, 0) is 56.8 Å². The molecule has 0 bridgehead atoms. The van der Waals surface area contributed by atoms with Crippen LogP contribution in [0.25, 0.3) is 0 Å². The van der Waals surface area contributed by atoms with E-state index in [-0.39, 0.29) is 18.5 Å². The highest BCUT2D eigenvalue weighted by atomic mass is 16.5. The van der Waals surface area contributed by atoms with E-state index in [2.05, 4.69) is 0 Å². The lowest BCUT2D eigenvalue weighted by Gasteiger charge is -2.28. The fourth-order valence-corrected chi connectivity index (χ4v) is 3.92. The molecule has 2 aliphatic heterocycles. The molecule has 1 N–H and O–H groups in total. The van der Waals surface area contributed by atoms with Crippen molar-refractivity contribution < 1.29 is 19.4 Å². The average Bonchev–Trinajstić information content (AvgIpc) is 3.25. The zero-order valence-corrected chi connectivity index (χ0v) is 14.7. The van der Waals surface area contributed by atoms with Gasteiger partial charge in [0, 0.05) is 6.54 Å². The summed E-state index contributed by atoms with van der Waals surface area (Å²) in [5.41, 5.74) is 1.12. The second-order valence-corrected chi connectivity index (χ2v) is 6.71. The standard InChI is InChI=1S/C19H26N2O4/c1-2-25-15-9-7-14(8-10-15)16-5-4-12-21(16)18(22)13-20-11-3-6-17(20)19(23)24/h7-10,16-17H,2-6,11-13H2,1H3,(H,23,24)/t16?,17-/m1/s1. The Morgan fingerprint density at radius 1 is 1.16 bits per heavy atom. The van der Waals surface area contributed by atoms with E-state index in [0.29, 0.717) is 19.6 Å². The van der Waals surface area contributed by atoms with Crippen molar-refractivity contribution in [3.05, 3.63) is 29.8 Å². The first-order valence-electron chi connectivity index (χ1n) is 9.09. The van der Waals surface area contributed by atoms with Crippen molar-refractivity contribution in [2.75, 3.05) is 26.2 Å². The van der Waals surface area contributed by atoms with E-state index < -0.39 is 12.0 Å². The van der Waals surface area contributed by atoms with Gasteiger partial charge in [0.05, 0.1) is 19.2 Å². The first-order valence-corrected chi connectivity index (χ1v) is 9.09. The molecule has 2 aliphatic rings. The Morgan fingerprint density at radius 3 is 2.56 bits per heavy atom. The molecule has 1 unspecified atom stereocenters. The van der Waals surface area contributed by atoms with E-state index in [1.165, 1.54) is 0 Å². The van der Waals surface area contributed by atoms with E-state index in [1.807, 2.05) is 36.1 Å². The van der Waals surface area contributed by atoms with Crippen molar-refractivity contribution in [3.63, 3.8) is 0 Å². The van der Waals surface area contributed by atoms with Crippen LogP contribution in [0, 0.1) is 0 Å². The molecular weight excluding hydrogens is 320 g/mol. The average molecular weight is 346 g/mol. The first-order chi connectivity index (χ1) is 12.1. The number of aliphatic carboxylic acids is 1. The molecule has 3 rings (SSSR count). The fourth-order valence-electron chi connectivity index (χ4n) is 3.92. The monoisotopic (exact) mass is 346 g/mol. The third-order valence-corrected chi connectivity index (χ3v) is 5.14. The maximum atomic E-state index is 12.8. The van der Waals surface area contributed by atoms with Gasteiger partial charge in [0.25, 0.3) is 0 Å². The summed E-state index contributed by atoms with van der Waals surface area (Å²) in [7, 11) is 0. The van der Waals surface area contributed by atoms with E-state index in [4.69, 9.17) is 4.74 Å². The summed E-state index contributed by atoms with van der Waals surface area (Å²) in [5.74, 6) is 0.0443. The lowest BCUT2D eigenvalue weighted by molar-refractivity contribution is -0.143. The molecule has 2 heterocycles. The minimum atomic E-state index is -0.824. The van der Waals surface area contributed by atoms with E-state index in [1.54, 1.807) is 4.90 Å². The lowest BCUT2D eigenvalue weighted by Crippen LogP contribution is -2.44. The van der Waals surface area contributed by atoms with Gasteiger partial charge in [-0.2, -0.15) is 0 Å². The number of carbonyl (C=O) groups excluding carboxylic acids is 1. The van der Waals surface area contributed by atoms with Crippen LogP contribution in [0.1, 0.15) is 44.2 Å². The van der Waals surface area contributed by atoms with Crippen LogP contribution in [-0.4, -0.2) is 59.1 Å². The van der Waals surface area contributed by atoms with Crippen molar-refractivity contribution in [2.45, 2.75) is 44.7 Å². The summed E-state index contributed by atoms with van der Waals surface area (Å²) in [6.45, 7) is 4.21. The number of carbonyl (C=O) groups is 2. The van der Waals surface area contributed by atoms with Crippen LogP contribution in [0.3, 0.4) is 0 Å². The minimum absolute atomic E-state index is 0.0320. The Hall–Kier alpha value is -2.08. The molecule has 0 aliphatic carbocycles. The van der Waals surface area contributed by atoms with Crippen molar-refractivity contribution in [2.24, 2.45) is 0 Å². The summed E-state index contributed by atoms with van der Waals surface area (Å²) >= 11 is 0. The van der Waals surface area contributed by atoms with Crippen LogP contribution < -0.4 is 4.74 Å². The van der Waals surface area contributed by atoms with Gasteiger partial charge in [0.2, 0.25) is 5.91 Å². The lowest BCUT2D eigenvalue weighted by atomic mass is 10.0. The normalized spacial score (nSPS) is 23.8. The molecule has 1 amide bonds. The fraction of sp³-hybridized carbons (Fsp3) is 0.579. The van der Waals surface area contributed by atoms with Crippen LogP contribution in [-0.2, 0) is 9.59 Å². The molecule has 6 nitrogen and oxygen atoms in total. The number of amides is 1. The predicted molar refractivity (Wildman–Crippen MR) is 93.5 cm³/mol. The Labute approximate surface area is 148 Å². The van der Waals surface area contributed by atoms with Gasteiger partial charge in [0.1, 0.15) is 11.8 Å². The van der Waals surface area contributed by atoms with E-state index in [0.717, 1.165) is 37.1 Å². The molecule has 2 saturated heterocycles. The highest BCUT2D eigenvalue weighted by Crippen LogP contribution is 2.33. The Morgan fingerprint density at radius 2 is 1.88 bits per heavy atom. The van der Waals surface area contributed by atoms with Crippen molar-refractivity contribution in [1.82, 2.24) is 9.80 Å². The maximum Gasteiger partial charge on any atom is 0.320 e. The van der Waals surface area contributed by atoms with Crippen molar-refractivity contribution in [3.8, 4) is 5.75 Å². The Balaban J connectivity index is 1.66. The minimum Gasteiger partial charge on any atom is -0.494 e. The second-order valence-electron chi connectivity index (χ2n) is 6.71. The van der Waals surface area contributed by atoms with Gasteiger partial charge in [-0.25, -0.2) is 0 Å². The Kier molecular flexibility index (Phi) is 5.58. The first kappa shape index (κ1) is 17.7. The number of hydrogen-bond acceptors (Lipinski definition) is 4. The van der Waals surface area contributed by atoms with Crippen LogP contribution in [0.2, 0.25) is 0 Å².